The number of rotatable bonds is 11. The number of nitrogens with zero attached hydrogens (tertiary/aromatic N) is 2. The number of hydrogen-bond acceptors (Lipinski definition) is 4. The third-order valence-electron chi connectivity index (χ3n) is 3.72. The van der Waals surface area contributed by atoms with E-state index in [9.17, 15) is 0 Å². The van der Waals surface area contributed by atoms with Crippen molar-refractivity contribution in [3.8, 4) is 5.75 Å². The lowest BCUT2D eigenvalue weighted by Gasteiger charge is -2.14. The summed E-state index contributed by atoms with van der Waals surface area (Å²) >= 11 is 0. The molecule has 6 nitrogen and oxygen atoms in total. The third-order valence-corrected chi connectivity index (χ3v) is 3.72. The summed E-state index contributed by atoms with van der Waals surface area (Å²) in [5.41, 5.74) is 1.19. The van der Waals surface area contributed by atoms with Gasteiger partial charge in [-0.3, -0.25) is 9.98 Å². The average molecular weight is 370 g/mol. The maximum absolute atomic E-state index is 5.79. The Labute approximate surface area is 162 Å². The van der Waals surface area contributed by atoms with Crippen LogP contribution in [0.4, 0.5) is 0 Å². The van der Waals surface area contributed by atoms with Crippen molar-refractivity contribution in [1.29, 1.82) is 0 Å². The minimum atomic E-state index is 0.343. The van der Waals surface area contributed by atoms with Crippen molar-refractivity contribution in [1.82, 2.24) is 15.6 Å². The number of aromatic nitrogens is 1. The predicted octanol–water partition coefficient (Wildman–Crippen LogP) is 2.87. The molecule has 0 radical (unpaired) electrons. The van der Waals surface area contributed by atoms with E-state index in [0.29, 0.717) is 38.8 Å². The molecule has 2 rings (SSSR count). The molecule has 1 aromatic heterocycles. The van der Waals surface area contributed by atoms with E-state index >= 15 is 0 Å². The molecule has 27 heavy (non-hydrogen) atoms. The van der Waals surface area contributed by atoms with Crippen LogP contribution in [0.5, 0.6) is 5.75 Å². The van der Waals surface area contributed by atoms with Gasteiger partial charge in [0.05, 0.1) is 26.0 Å². The normalized spacial score (nSPS) is 12.4. The lowest BCUT2D eigenvalue weighted by atomic mass is 10.2. The second-order valence-corrected chi connectivity index (χ2v) is 6.29. The van der Waals surface area contributed by atoms with Crippen LogP contribution < -0.4 is 15.4 Å². The largest absolute Gasteiger partial charge is 0.490 e. The van der Waals surface area contributed by atoms with Gasteiger partial charge in [-0.1, -0.05) is 37.3 Å². The van der Waals surface area contributed by atoms with Gasteiger partial charge in [-0.25, -0.2) is 0 Å². The van der Waals surface area contributed by atoms with E-state index < -0.39 is 0 Å². The zero-order chi connectivity index (χ0) is 19.2. The van der Waals surface area contributed by atoms with Gasteiger partial charge < -0.3 is 20.1 Å². The molecule has 0 spiro atoms. The fourth-order valence-corrected chi connectivity index (χ4v) is 2.36. The lowest BCUT2D eigenvalue weighted by Crippen LogP contribution is -2.39. The Balaban J connectivity index is 1.65. The molecule has 0 amide bonds. The van der Waals surface area contributed by atoms with Gasteiger partial charge in [-0.2, -0.15) is 0 Å². The zero-order valence-electron chi connectivity index (χ0n) is 16.2. The number of guanidine groups is 1. The van der Waals surface area contributed by atoms with E-state index in [4.69, 9.17) is 9.47 Å². The predicted molar refractivity (Wildman–Crippen MR) is 109 cm³/mol. The molecule has 0 fully saturated rings. The van der Waals surface area contributed by atoms with Crippen molar-refractivity contribution in [2.24, 2.45) is 10.9 Å². The first-order valence-corrected chi connectivity index (χ1v) is 9.44. The molecular formula is C21H30N4O2. The van der Waals surface area contributed by atoms with Gasteiger partial charge in [0.25, 0.3) is 0 Å². The van der Waals surface area contributed by atoms with E-state index in [-0.39, 0.29) is 0 Å². The first-order chi connectivity index (χ1) is 13.3. The minimum Gasteiger partial charge on any atom is -0.490 e. The molecule has 6 heteroatoms. The van der Waals surface area contributed by atoms with Gasteiger partial charge in [0.1, 0.15) is 12.4 Å². The Morgan fingerprint density at radius 3 is 2.74 bits per heavy atom. The summed E-state index contributed by atoms with van der Waals surface area (Å²) in [6.07, 6.45) is 3.43. The van der Waals surface area contributed by atoms with E-state index in [0.717, 1.165) is 18.3 Å². The van der Waals surface area contributed by atoms with Crippen molar-refractivity contribution in [2.45, 2.75) is 20.5 Å². The number of pyridine rings is 1. The highest BCUT2D eigenvalue weighted by molar-refractivity contribution is 5.79. The van der Waals surface area contributed by atoms with Crippen LogP contribution in [0.3, 0.4) is 0 Å². The SMILES string of the molecule is CCNC(=NCC(C)COCc1ccccc1)NCCOc1cccnc1. The molecule has 1 atom stereocenters. The van der Waals surface area contributed by atoms with Gasteiger partial charge >= 0.3 is 0 Å². The molecule has 0 saturated heterocycles. The second kappa shape index (κ2) is 12.7. The van der Waals surface area contributed by atoms with Crippen LogP contribution in [-0.4, -0.2) is 43.8 Å². The summed E-state index contributed by atoms with van der Waals surface area (Å²) in [7, 11) is 0. The summed E-state index contributed by atoms with van der Waals surface area (Å²) in [5, 5.41) is 6.53. The number of hydrogen-bond donors (Lipinski definition) is 2. The standard InChI is InChI=1S/C21H30N4O2/c1-3-23-21(24-12-13-27-20-10-7-11-22-15-20)25-14-18(2)16-26-17-19-8-5-4-6-9-19/h4-11,15,18H,3,12-14,16-17H2,1-2H3,(H2,23,24,25). The topological polar surface area (TPSA) is 67.8 Å². The first-order valence-electron chi connectivity index (χ1n) is 9.44. The molecule has 0 aliphatic heterocycles. The van der Waals surface area contributed by atoms with Crippen LogP contribution in [0, 0.1) is 5.92 Å². The Hall–Kier alpha value is -2.60. The van der Waals surface area contributed by atoms with Crippen LogP contribution in [0.15, 0.2) is 59.9 Å². The van der Waals surface area contributed by atoms with E-state index in [1.54, 1.807) is 12.4 Å². The van der Waals surface area contributed by atoms with Gasteiger partial charge in [0.2, 0.25) is 0 Å². The third kappa shape index (κ3) is 9.06. The summed E-state index contributed by atoms with van der Waals surface area (Å²) in [5.74, 6) is 1.91. The summed E-state index contributed by atoms with van der Waals surface area (Å²) in [4.78, 5) is 8.66. The van der Waals surface area contributed by atoms with Crippen LogP contribution in [0.1, 0.15) is 19.4 Å². The molecular weight excluding hydrogens is 340 g/mol. The highest BCUT2D eigenvalue weighted by Gasteiger charge is 2.04. The first kappa shape index (κ1) is 20.7. The molecule has 1 unspecified atom stereocenters. The molecule has 146 valence electrons. The van der Waals surface area contributed by atoms with Crippen LogP contribution in [-0.2, 0) is 11.3 Å². The number of benzene rings is 1. The highest BCUT2D eigenvalue weighted by Crippen LogP contribution is 2.05. The Bertz CT molecular complexity index is 650. The maximum atomic E-state index is 5.79. The van der Waals surface area contributed by atoms with Gasteiger partial charge in [0.15, 0.2) is 5.96 Å². The Morgan fingerprint density at radius 1 is 1.15 bits per heavy atom. The minimum absolute atomic E-state index is 0.343. The molecule has 2 aromatic rings. The molecule has 2 N–H and O–H groups in total. The lowest BCUT2D eigenvalue weighted by molar-refractivity contribution is 0.0945. The van der Waals surface area contributed by atoms with Gasteiger partial charge in [-0.15, -0.1) is 0 Å². The summed E-state index contributed by atoms with van der Waals surface area (Å²) in [6, 6.07) is 14.0. The van der Waals surface area contributed by atoms with Gasteiger partial charge in [0, 0.05) is 19.3 Å². The average Bonchev–Trinajstić information content (AvgIpc) is 2.71. The van der Waals surface area contributed by atoms with Crippen molar-refractivity contribution < 1.29 is 9.47 Å². The molecule has 0 bridgehead atoms. The summed E-state index contributed by atoms with van der Waals surface area (Å²) < 4.78 is 11.4. The molecule has 0 aliphatic rings. The number of nitrogens with one attached hydrogen (secondary N) is 2. The zero-order valence-corrected chi connectivity index (χ0v) is 16.2. The fourth-order valence-electron chi connectivity index (χ4n) is 2.36. The molecule has 0 aliphatic carbocycles. The number of aliphatic imine (C=N–C) groups is 1. The van der Waals surface area contributed by atoms with Gasteiger partial charge in [-0.05, 0) is 30.5 Å². The summed E-state index contributed by atoms with van der Waals surface area (Å²) in [6.45, 7) is 8.24. The van der Waals surface area contributed by atoms with Crippen LogP contribution in [0.2, 0.25) is 0 Å². The van der Waals surface area contributed by atoms with E-state index in [1.807, 2.05) is 30.3 Å². The maximum Gasteiger partial charge on any atom is 0.191 e. The fraction of sp³-hybridized carbons (Fsp3) is 0.429. The van der Waals surface area contributed by atoms with Crippen molar-refractivity contribution in [3.05, 3.63) is 60.4 Å². The second-order valence-electron chi connectivity index (χ2n) is 6.29. The van der Waals surface area contributed by atoms with E-state index in [2.05, 4.69) is 46.6 Å². The molecule has 1 heterocycles. The molecule has 0 saturated carbocycles. The Kier molecular flexibility index (Phi) is 9.74. The van der Waals surface area contributed by atoms with E-state index in [1.165, 1.54) is 5.56 Å². The van der Waals surface area contributed by atoms with Crippen LogP contribution >= 0.6 is 0 Å². The quantitative estimate of drug-likeness (QED) is 0.362. The molecule has 1 aromatic carbocycles. The van der Waals surface area contributed by atoms with Crippen molar-refractivity contribution in [2.75, 3.05) is 32.8 Å². The monoisotopic (exact) mass is 370 g/mol. The number of ether oxygens (including phenoxy) is 2. The van der Waals surface area contributed by atoms with Crippen LogP contribution in [0.25, 0.3) is 0 Å². The highest BCUT2D eigenvalue weighted by atomic mass is 16.5. The Morgan fingerprint density at radius 2 is 2.00 bits per heavy atom. The van der Waals surface area contributed by atoms with Crippen molar-refractivity contribution >= 4 is 5.96 Å². The van der Waals surface area contributed by atoms with Crippen molar-refractivity contribution in [3.63, 3.8) is 0 Å². The smallest absolute Gasteiger partial charge is 0.191 e.